The van der Waals surface area contributed by atoms with Gasteiger partial charge in [0.25, 0.3) is 0 Å². The molecule has 0 aliphatic rings. The van der Waals surface area contributed by atoms with E-state index < -0.39 is 0 Å². The number of aldehydes is 3. The molecule has 0 aliphatic carbocycles. The molecular formula is C15H12O6. The van der Waals surface area contributed by atoms with Crippen molar-refractivity contribution in [2.75, 3.05) is 0 Å². The molecule has 0 spiro atoms. The van der Waals surface area contributed by atoms with Gasteiger partial charge < -0.3 is 13.3 Å². The maximum atomic E-state index is 9.77. The van der Waals surface area contributed by atoms with Crippen LogP contribution in [0.1, 0.15) is 31.7 Å². The Balaban J connectivity index is 0.000000157. The zero-order valence-corrected chi connectivity index (χ0v) is 10.9. The lowest BCUT2D eigenvalue weighted by atomic mass is 10.5. The highest BCUT2D eigenvalue weighted by atomic mass is 16.3. The van der Waals surface area contributed by atoms with Gasteiger partial charge in [-0.3, -0.25) is 14.4 Å². The molecule has 0 amide bonds. The number of carbonyl (C=O) groups is 3. The van der Waals surface area contributed by atoms with Gasteiger partial charge in [0, 0.05) is 0 Å². The second kappa shape index (κ2) is 9.74. The maximum Gasteiger partial charge on any atom is 0.185 e. The van der Waals surface area contributed by atoms with Crippen molar-refractivity contribution in [3.8, 4) is 0 Å². The first-order valence-corrected chi connectivity index (χ1v) is 5.76. The average molecular weight is 288 g/mol. The Kier molecular flexibility index (Phi) is 7.38. The molecule has 3 aromatic rings. The topological polar surface area (TPSA) is 90.6 Å². The Bertz CT molecular complexity index is 514. The van der Waals surface area contributed by atoms with Crippen molar-refractivity contribution < 1.29 is 27.6 Å². The van der Waals surface area contributed by atoms with Gasteiger partial charge in [0.15, 0.2) is 36.1 Å². The lowest BCUT2D eigenvalue weighted by Gasteiger charge is -1.68. The molecule has 0 saturated heterocycles. The highest BCUT2D eigenvalue weighted by molar-refractivity contribution is 5.70. The van der Waals surface area contributed by atoms with E-state index in [4.69, 9.17) is 0 Å². The van der Waals surface area contributed by atoms with Crippen molar-refractivity contribution >= 4 is 18.9 Å². The minimum atomic E-state index is 0.375. The highest BCUT2D eigenvalue weighted by Gasteiger charge is 1.85. The number of furan rings is 3. The summed E-state index contributed by atoms with van der Waals surface area (Å²) in [4.78, 5) is 29.3. The van der Waals surface area contributed by atoms with Gasteiger partial charge in [-0.15, -0.1) is 0 Å². The summed E-state index contributed by atoms with van der Waals surface area (Å²) in [6.45, 7) is 0. The van der Waals surface area contributed by atoms with Crippen LogP contribution >= 0.6 is 0 Å². The molecule has 0 saturated carbocycles. The van der Waals surface area contributed by atoms with Crippen LogP contribution in [0, 0.1) is 0 Å². The van der Waals surface area contributed by atoms with Gasteiger partial charge in [0.1, 0.15) is 0 Å². The van der Waals surface area contributed by atoms with Crippen molar-refractivity contribution in [2.45, 2.75) is 0 Å². The smallest absolute Gasteiger partial charge is 0.185 e. The van der Waals surface area contributed by atoms with Crippen LogP contribution in [0.15, 0.2) is 68.4 Å². The molecule has 108 valence electrons. The summed E-state index contributed by atoms with van der Waals surface area (Å²) in [6, 6.07) is 9.82. The molecule has 6 nitrogen and oxygen atoms in total. The van der Waals surface area contributed by atoms with Gasteiger partial charge in [-0.25, -0.2) is 0 Å². The van der Waals surface area contributed by atoms with E-state index in [0.717, 1.165) is 0 Å². The normalized spacial score (nSPS) is 8.57. The summed E-state index contributed by atoms with van der Waals surface area (Å²) in [5.41, 5.74) is 0. The minimum absolute atomic E-state index is 0.375. The zero-order chi connectivity index (χ0) is 15.3. The quantitative estimate of drug-likeness (QED) is 0.687. The molecule has 21 heavy (non-hydrogen) atoms. The van der Waals surface area contributed by atoms with E-state index >= 15 is 0 Å². The minimum Gasteiger partial charge on any atom is -0.462 e. The van der Waals surface area contributed by atoms with E-state index in [-0.39, 0.29) is 0 Å². The molecule has 3 aromatic heterocycles. The largest absolute Gasteiger partial charge is 0.462 e. The molecular weight excluding hydrogens is 276 g/mol. The highest BCUT2D eigenvalue weighted by Crippen LogP contribution is 1.93. The van der Waals surface area contributed by atoms with Crippen LogP contribution in [-0.4, -0.2) is 18.9 Å². The predicted molar refractivity (Wildman–Crippen MR) is 72.3 cm³/mol. The van der Waals surface area contributed by atoms with Crippen LogP contribution in [0.2, 0.25) is 0 Å². The molecule has 0 bridgehead atoms. The summed E-state index contributed by atoms with van der Waals surface area (Å²) < 4.78 is 13.8. The van der Waals surface area contributed by atoms with Crippen molar-refractivity contribution in [1.82, 2.24) is 0 Å². The lowest BCUT2D eigenvalue weighted by molar-refractivity contribution is 0.109. The first kappa shape index (κ1) is 15.9. The number of hydrogen-bond donors (Lipinski definition) is 0. The summed E-state index contributed by atoms with van der Waals surface area (Å²) in [6.07, 6.45) is 6.39. The van der Waals surface area contributed by atoms with Gasteiger partial charge in [-0.2, -0.15) is 0 Å². The fraction of sp³-hybridized carbons (Fsp3) is 0. The first-order valence-electron chi connectivity index (χ1n) is 5.76. The molecule has 0 unspecified atom stereocenters. The Labute approximate surface area is 120 Å². The molecule has 0 N–H and O–H groups in total. The van der Waals surface area contributed by atoms with Gasteiger partial charge in [0.2, 0.25) is 0 Å². The van der Waals surface area contributed by atoms with E-state index in [1.54, 1.807) is 36.4 Å². The van der Waals surface area contributed by atoms with E-state index in [2.05, 4.69) is 13.3 Å². The summed E-state index contributed by atoms with van der Waals surface area (Å²) >= 11 is 0. The predicted octanol–water partition coefficient (Wildman–Crippen LogP) is 3.28. The van der Waals surface area contributed by atoms with E-state index in [1.807, 2.05) is 0 Å². The van der Waals surface area contributed by atoms with Crippen molar-refractivity contribution in [2.24, 2.45) is 0 Å². The number of carbonyl (C=O) groups excluding carboxylic acids is 3. The van der Waals surface area contributed by atoms with Gasteiger partial charge >= 0.3 is 0 Å². The van der Waals surface area contributed by atoms with Crippen LogP contribution in [-0.2, 0) is 0 Å². The third kappa shape index (κ3) is 6.53. The summed E-state index contributed by atoms with van der Waals surface area (Å²) in [5.74, 6) is 1.13. The lowest BCUT2D eigenvalue weighted by Crippen LogP contribution is -1.65. The Morgan fingerprint density at radius 2 is 0.857 bits per heavy atom. The monoisotopic (exact) mass is 288 g/mol. The van der Waals surface area contributed by atoms with E-state index in [9.17, 15) is 14.4 Å². The van der Waals surface area contributed by atoms with Crippen LogP contribution in [0.3, 0.4) is 0 Å². The first-order chi connectivity index (χ1) is 10.3. The maximum absolute atomic E-state index is 9.77. The van der Waals surface area contributed by atoms with Crippen molar-refractivity contribution in [3.05, 3.63) is 72.5 Å². The van der Waals surface area contributed by atoms with Crippen LogP contribution in [0.25, 0.3) is 0 Å². The second-order valence-corrected chi connectivity index (χ2v) is 3.40. The van der Waals surface area contributed by atoms with Gasteiger partial charge in [-0.05, 0) is 36.4 Å². The number of rotatable bonds is 3. The molecule has 0 fully saturated rings. The molecule has 0 aromatic carbocycles. The third-order valence-electron chi connectivity index (χ3n) is 1.98. The van der Waals surface area contributed by atoms with Crippen molar-refractivity contribution in [3.63, 3.8) is 0 Å². The van der Waals surface area contributed by atoms with Gasteiger partial charge in [-0.1, -0.05) is 0 Å². The second-order valence-electron chi connectivity index (χ2n) is 3.40. The molecule has 0 atom stereocenters. The Morgan fingerprint density at radius 1 is 0.571 bits per heavy atom. The molecule has 3 heterocycles. The van der Waals surface area contributed by atoms with Crippen LogP contribution < -0.4 is 0 Å². The van der Waals surface area contributed by atoms with E-state index in [0.29, 0.717) is 36.1 Å². The standard InChI is InChI=1S/3C5H4O2/c3*6-4-5-2-1-3-7-5/h3*1-4H. The van der Waals surface area contributed by atoms with Crippen molar-refractivity contribution in [1.29, 1.82) is 0 Å². The molecule has 3 rings (SSSR count). The fourth-order valence-electron chi connectivity index (χ4n) is 1.07. The van der Waals surface area contributed by atoms with Crippen LogP contribution in [0.4, 0.5) is 0 Å². The summed E-state index contributed by atoms with van der Waals surface area (Å²) in [5, 5.41) is 0. The van der Waals surface area contributed by atoms with Crippen LogP contribution in [0.5, 0.6) is 0 Å². The Morgan fingerprint density at radius 3 is 0.952 bits per heavy atom. The average Bonchev–Trinajstić information content (AvgIpc) is 3.31. The number of hydrogen-bond acceptors (Lipinski definition) is 6. The third-order valence-corrected chi connectivity index (χ3v) is 1.98. The SMILES string of the molecule is O=Cc1ccco1.O=Cc1ccco1.O=Cc1ccco1. The molecule has 0 aliphatic heterocycles. The Hall–Kier alpha value is -3.15. The van der Waals surface area contributed by atoms with Gasteiger partial charge in [0.05, 0.1) is 18.8 Å². The molecule has 6 heteroatoms. The molecule has 0 radical (unpaired) electrons. The fourth-order valence-corrected chi connectivity index (χ4v) is 1.07. The summed E-state index contributed by atoms with van der Waals surface area (Å²) in [7, 11) is 0. The zero-order valence-electron chi connectivity index (χ0n) is 10.9. The van der Waals surface area contributed by atoms with E-state index in [1.165, 1.54) is 18.8 Å².